The summed E-state index contributed by atoms with van der Waals surface area (Å²) in [4.78, 5) is 41.1. The lowest BCUT2D eigenvalue weighted by Crippen LogP contribution is -2.48. The average Bonchev–Trinajstić information content (AvgIpc) is 3.07. The summed E-state index contributed by atoms with van der Waals surface area (Å²) in [6, 6.07) is 6.15. The highest BCUT2D eigenvalue weighted by molar-refractivity contribution is 6.31. The summed E-state index contributed by atoms with van der Waals surface area (Å²) in [5.74, 6) is -4.45. The van der Waals surface area contributed by atoms with Gasteiger partial charge in [0.1, 0.15) is 6.04 Å². The van der Waals surface area contributed by atoms with Crippen molar-refractivity contribution in [1.29, 1.82) is 0 Å². The first-order chi connectivity index (χ1) is 15.4. The van der Waals surface area contributed by atoms with Gasteiger partial charge in [-0.25, -0.2) is 8.78 Å². The molecule has 2 N–H and O–H groups in total. The molecule has 0 bridgehead atoms. The normalized spacial score (nSPS) is 12.4. The summed E-state index contributed by atoms with van der Waals surface area (Å²) >= 11 is 6.02. The number of halogens is 3. The Balaban J connectivity index is 2.20. The quantitative estimate of drug-likeness (QED) is 0.511. The van der Waals surface area contributed by atoms with Crippen LogP contribution >= 0.6 is 11.6 Å². The minimum Gasteiger partial charge on any atom is -0.543 e. The van der Waals surface area contributed by atoms with Crippen LogP contribution in [0.4, 0.5) is 8.78 Å². The van der Waals surface area contributed by atoms with E-state index >= 15 is 0 Å². The topological polar surface area (TPSA) is 105 Å². The van der Waals surface area contributed by atoms with Gasteiger partial charge < -0.3 is 25.1 Å². The van der Waals surface area contributed by atoms with Crippen LogP contribution in [-0.2, 0) is 16.1 Å². The van der Waals surface area contributed by atoms with Gasteiger partial charge in [0.2, 0.25) is 12.3 Å². The SMILES string of the molecule is CC(C)(C)NC(=O)C(c1c(C(=O)[O-])[nH]c2cc(Cl)ccc12)N(C=O)Cc1ccc(F)c(F)c1. The van der Waals surface area contributed by atoms with E-state index in [-0.39, 0.29) is 17.7 Å². The molecular weight excluding hydrogens is 456 g/mol. The van der Waals surface area contributed by atoms with Gasteiger partial charge in [-0.05, 0) is 50.6 Å². The Morgan fingerprint density at radius 3 is 2.45 bits per heavy atom. The first-order valence-electron chi connectivity index (χ1n) is 9.90. The molecule has 1 aromatic heterocycles. The van der Waals surface area contributed by atoms with Gasteiger partial charge in [0.15, 0.2) is 11.6 Å². The first kappa shape index (κ1) is 24.2. The minimum absolute atomic E-state index is 0.0156. The van der Waals surface area contributed by atoms with Crippen LogP contribution < -0.4 is 10.4 Å². The molecule has 0 saturated heterocycles. The highest BCUT2D eigenvalue weighted by Crippen LogP contribution is 2.34. The number of rotatable bonds is 7. The third-order valence-corrected chi connectivity index (χ3v) is 5.08. The highest BCUT2D eigenvalue weighted by atomic mass is 35.5. The van der Waals surface area contributed by atoms with E-state index in [0.29, 0.717) is 22.3 Å². The summed E-state index contributed by atoms with van der Waals surface area (Å²) in [7, 11) is 0. The van der Waals surface area contributed by atoms with Crippen molar-refractivity contribution >= 4 is 40.8 Å². The number of hydrogen-bond acceptors (Lipinski definition) is 4. The maximum atomic E-state index is 13.7. The number of aromatic nitrogens is 1. The van der Waals surface area contributed by atoms with Gasteiger partial charge in [0.25, 0.3) is 0 Å². The molecule has 1 unspecified atom stereocenters. The molecule has 3 aromatic rings. The van der Waals surface area contributed by atoms with E-state index in [2.05, 4.69) is 10.3 Å². The van der Waals surface area contributed by atoms with Crippen molar-refractivity contribution in [2.75, 3.05) is 0 Å². The number of carbonyl (C=O) groups excluding carboxylic acids is 3. The largest absolute Gasteiger partial charge is 0.543 e. The second-order valence-electron chi connectivity index (χ2n) is 8.56. The smallest absolute Gasteiger partial charge is 0.247 e. The average molecular weight is 477 g/mol. The van der Waals surface area contributed by atoms with Gasteiger partial charge in [-0.3, -0.25) is 9.59 Å². The Hall–Kier alpha value is -3.46. The molecule has 1 heterocycles. The van der Waals surface area contributed by atoms with E-state index in [1.165, 1.54) is 24.3 Å². The Morgan fingerprint density at radius 2 is 1.88 bits per heavy atom. The molecule has 3 rings (SSSR count). The molecular formula is C23H21ClF2N3O4-. The number of aromatic carboxylic acids is 1. The summed E-state index contributed by atoms with van der Waals surface area (Å²) in [5.41, 5.74) is -0.615. The molecule has 7 nitrogen and oxygen atoms in total. The van der Waals surface area contributed by atoms with Gasteiger partial charge in [-0.2, -0.15) is 0 Å². The molecule has 174 valence electrons. The van der Waals surface area contributed by atoms with Gasteiger partial charge in [-0.1, -0.05) is 23.7 Å². The van der Waals surface area contributed by atoms with Gasteiger partial charge in [0, 0.05) is 33.6 Å². The Morgan fingerprint density at radius 1 is 1.18 bits per heavy atom. The molecule has 0 radical (unpaired) electrons. The van der Waals surface area contributed by atoms with Crippen LogP contribution in [-0.4, -0.2) is 33.7 Å². The van der Waals surface area contributed by atoms with E-state index in [1.807, 2.05) is 0 Å². The van der Waals surface area contributed by atoms with E-state index in [9.17, 15) is 28.3 Å². The molecule has 2 aromatic carbocycles. The molecule has 0 fully saturated rings. The van der Waals surface area contributed by atoms with Crippen LogP contribution in [0.3, 0.4) is 0 Å². The van der Waals surface area contributed by atoms with Gasteiger partial charge in [-0.15, -0.1) is 0 Å². The maximum absolute atomic E-state index is 13.7. The number of nitrogens with one attached hydrogen (secondary N) is 2. The molecule has 2 amide bonds. The Labute approximate surface area is 193 Å². The molecule has 0 spiro atoms. The molecule has 33 heavy (non-hydrogen) atoms. The van der Waals surface area contributed by atoms with Crippen LogP contribution in [0, 0.1) is 11.6 Å². The number of carboxylic acid groups (broad SMARTS) is 1. The van der Waals surface area contributed by atoms with Crippen molar-refractivity contribution in [2.24, 2.45) is 0 Å². The number of fused-ring (bicyclic) bond motifs is 1. The summed E-state index contributed by atoms with van der Waals surface area (Å²) in [5, 5.41) is 15.3. The second kappa shape index (κ2) is 9.19. The molecule has 0 saturated carbocycles. The lowest BCUT2D eigenvalue weighted by molar-refractivity contribution is -0.255. The zero-order valence-corrected chi connectivity index (χ0v) is 18.8. The Kier molecular flexibility index (Phi) is 6.73. The zero-order valence-electron chi connectivity index (χ0n) is 18.0. The molecule has 0 aliphatic rings. The molecule has 0 aliphatic heterocycles. The van der Waals surface area contributed by atoms with E-state index in [0.717, 1.165) is 17.0 Å². The predicted molar refractivity (Wildman–Crippen MR) is 116 cm³/mol. The van der Waals surface area contributed by atoms with Gasteiger partial charge >= 0.3 is 0 Å². The monoisotopic (exact) mass is 476 g/mol. The number of carbonyl (C=O) groups is 3. The lowest BCUT2D eigenvalue weighted by atomic mass is 9.98. The molecule has 0 aliphatic carbocycles. The van der Waals surface area contributed by atoms with Crippen LogP contribution in [0.15, 0.2) is 36.4 Å². The van der Waals surface area contributed by atoms with Crippen molar-refractivity contribution in [3.63, 3.8) is 0 Å². The third-order valence-electron chi connectivity index (χ3n) is 4.84. The van der Waals surface area contributed by atoms with Crippen LogP contribution in [0.1, 0.15) is 48.4 Å². The van der Waals surface area contributed by atoms with E-state index in [4.69, 9.17) is 11.6 Å². The number of amides is 2. The number of H-pyrrole nitrogens is 1. The summed E-state index contributed by atoms with van der Waals surface area (Å²) in [6.45, 7) is 4.86. The third kappa shape index (κ3) is 5.31. The number of aromatic amines is 1. The number of nitrogens with zero attached hydrogens (tertiary/aromatic N) is 1. The fourth-order valence-corrected chi connectivity index (χ4v) is 3.73. The van der Waals surface area contributed by atoms with Crippen molar-refractivity contribution in [3.05, 3.63) is 69.9 Å². The van der Waals surface area contributed by atoms with Crippen molar-refractivity contribution in [3.8, 4) is 0 Å². The summed E-state index contributed by atoms with van der Waals surface area (Å²) < 4.78 is 27.1. The maximum Gasteiger partial charge on any atom is 0.247 e. The summed E-state index contributed by atoms with van der Waals surface area (Å²) in [6.07, 6.45) is 0.349. The standard InChI is InChI=1S/C23H22ClF2N3O4/c1-23(2,3)28-21(31)20(29(11-30)10-12-4-7-15(25)16(26)8-12)18-14-6-5-13(24)9-17(14)27-19(18)22(32)33/h4-9,11,20,27H,10H2,1-3H3,(H,28,31)(H,32,33)/p-1. The van der Waals surface area contributed by atoms with E-state index in [1.54, 1.807) is 20.8 Å². The predicted octanol–water partition coefficient (Wildman–Crippen LogP) is 3.08. The van der Waals surface area contributed by atoms with E-state index < -0.39 is 40.8 Å². The number of benzene rings is 2. The highest BCUT2D eigenvalue weighted by Gasteiger charge is 2.34. The minimum atomic E-state index is -1.59. The van der Waals surface area contributed by atoms with Crippen LogP contribution in [0.5, 0.6) is 0 Å². The molecule has 1 atom stereocenters. The van der Waals surface area contributed by atoms with Crippen molar-refractivity contribution in [2.45, 2.75) is 38.9 Å². The zero-order chi connectivity index (χ0) is 24.5. The number of carboxylic acids is 1. The van der Waals surface area contributed by atoms with Crippen molar-refractivity contribution < 1.29 is 28.3 Å². The Bertz CT molecular complexity index is 1240. The van der Waals surface area contributed by atoms with Crippen LogP contribution in [0.2, 0.25) is 5.02 Å². The number of hydrogen-bond donors (Lipinski definition) is 2. The molecule has 10 heteroatoms. The van der Waals surface area contributed by atoms with Crippen LogP contribution in [0.25, 0.3) is 10.9 Å². The first-order valence-corrected chi connectivity index (χ1v) is 10.3. The fraction of sp³-hybridized carbons (Fsp3) is 0.261. The van der Waals surface area contributed by atoms with Gasteiger partial charge in [0.05, 0.1) is 11.7 Å². The fourth-order valence-electron chi connectivity index (χ4n) is 3.56. The van der Waals surface area contributed by atoms with Crippen molar-refractivity contribution in [1.82, 2.24) is 15.2 Å². The second-order valence-corrected chi connectivity index (χ2v) is 9.00. The lowest BCUT2D eigenvalue weighted by Gasteiger charge is -2.31.